The van der Waals surface area contributed by atoms with Crippen LogP contribution in [0.15, 0.2) is 53.1 Å². The maximum atomic E-state index is 12.3. The van der Waals surface area contributed by atoms with E-state index in [0.29, 0.717) is 24.7 Å². The van der Waals surface area contributed by atoms with Gasteiger partial charge in [0.25, 0.3) is 5.91 Å². The minimum Gasteiger partial charge on any atom is -0.480 e. The number of carbonyl (C=O) groups excluding carboxylic acids is 1. The lowest BCUT2D eigenvalue weighted by molar-refractivity contribution is -0.127. The predicted octanol–water partition coefficient (Wildman–Crippen LogP) is 2.66. The van der Waals surface area contributed by atoms with E-state index in [9.17, 15) is 4.79 Å². The maximum Gasteiger partial charge on any atom is 0.261 e. The van der Waals surface area contributed by atoms with Crippen LogP contribution >= 0.6 is 0 Å². The summed E-state index contributed by atoms with van der Waals surface area (Å²) in [5.41, 5.74) is 2.94. The Balaban J connectivity index is 1.35. The Labute approximate surface area is 144 Å². The Bertz CT molecular complexity index is 877. The second-order valence-corrected chi connectivity index (χ2v) is 5.97. The summed E-state index contributed by atoms with van der Waals surface area (Å²) < 4.78 is 10.7. The number of hydrogen-bond donors (Lipinski definition) is 1. The van der Waals surface area contributed by atoms with E-state index >= 15 is 0 Å². The molecule has 2 aromatic carbocycles. The van der Waals surface area contributed by atoms with Gasteiger partial charge in [-0.15, -0.1) is 0 Å². The molecule has 1 aliphatic heterocycles. The van der Waals surface area contributed by atoms with E-state index in [1.54, 1.807) is 6.92 Å². The van der Waals surface area contributed by atoms with E-state index in [1.165, 1.54) is 0 Å². The molecule has 1 amide bonds. The average molecular weight is 335 g/mol. The highest BCUT2D eigenvalue weighted by atomic mass is 16.5. The van der Waals surface area contributed by atoms with Crippen LogP contribution in [0.3, 0.4) is 0 Å². The molecular weight excluding hydrogens is 318 g/mol. The van der Waals surface area contributed by atoms with Crippen molar-refractivity contribution in [3.63, 3.8) is 0 Å². The summed E-state index contributed by atoms with van der Waals surface area (Å²) in [4.78, 5) is 16.5. The van der Waals surface area contributed by atoms with Crippen molar-refractivity contribution in [2.45, 2.75) is 26.0 Å². The minimum absolute atomic E-state index is 0.103. The van der Waals surface area contributed by atoms with Crippen molar-refractivity contribution in [2.75, 3.05) is 0 Å². The van der Waals surface area contributed by atoms with Gasteiger partial charge < -0.3 is 14.6 Å². The van der Waals surface area contributed by atoms with Gasteiger partial charge in [0.15, 0.2) is 6.10 Å². The van der Waals surface area contributed by atoms with Crippen LogP contribution in [0.5, 0.6) is 5.75 Å². The minimum atomic E-state index is -0.459. The normalized spacial score (nSPS) is 15.5. The second kappa shape index (κ2) is 6.39. The van der Waals surface area contributed by atoms with Gasteiger partial charge in [-0.25, -0.2) is 0 Å². The number of rotatable bonds is 4. The van der Waals surface area contributed by atoms with Crippen LogP contribution in [-0.4, -0.2) is 22.2 Å². The van der Waals surface area contributed by atoms with Crippen LogP contribution in [0.25, 0.3) is 11.4 Å². The molecule has 0 radical (unpaired) electrons. The van der Waals surface area contributed by atoms with Crippen molar-refractivity contribution < 1.29 is 14.1 Å². The molecule has 0 aliphatic carbocycles. The first-order valence-corrected chi connectivity index (χ1v) is 8.11. The smallest absolute Gasteiger partial charge is 0.261 e. The Morgan fingerprint density at radius 2 is 2.00 bits per heavy atom. The molecule has 0 saturated carbocycles. The van der Waals surface area contributed by atoms with E-state index in [-0.39, 0.29) is 5.91 Å². The van der Waals surface area contributed by atoms with Gasteiger partial charge in [0.1, 0.15) is 5.75 Å². The molecule has 1 atom stereocenters. The number of aromatic nitrogens is 2. The summed E-state index contributed by atoms with van der Waals surface area (Å²) in [5, 5.41) is 6.81. The number of nitrogens with zero attached hydrogens (tertiary/aromatic N) is 2. The number of hydrogen-bond acceptors (Lipinski definition) is 5. The molecule has 1 N–H and O–H groups in total. The van der Waals surface area contributed by atoms with Gasteiger partial charge in [0, 0.05) is 25.5 Å². The van der Waals surface area contributed by atoms with Gasteiger partial charge in [0.05, 0.1) is 0 Å². The van der Waals surface area contributed by atoms with Gasteiger partial charge in [-0.1, -0.05) is 47.6 Å². The van der Waals surface area contributed by atoms with Crippen molar-refractivity contribution in [3.8, 4) is 17.1 Å². The largest absolute Gasteiger partial charge is 0.480 e. The lowest BCUT2D eigenvalue weighted by Gasteiger charge is -2.11. The Morgan fingerprint density at radius 1 is 1.20 bits per heavy atom. The average Bonchev–Trinajstić information content (AvgIpc) is 3.26. The highest BCUT2D eigenvalue weighted by molar-refractivity contribution is 5.82. The number of nitrogens with one attached hydrogen (secondary N) is 1. The van der Waals surface area contributed by atoms with E-state index in [4.69, 9.17) is 9.26 Å². The standard InChI is InChI=1S/C19H17N3O3/c1-12-21-18(22-25-12)14-8-6-13(7-9-14)11-20-19(23)17-10-15-4-2-3-5-16(15)24-17/h2-9,17H,10-11H2,1H3,(H,20,23). The molecule has 6 nitrogen and oxygen atoms in total. The van der Waals surface area contributed by atoms with Crippen LogP contribution in [0.4, 0.5) is 0 Å². The zero-order valence-electron chi connectivity index (χ0n) is 13.7. The first-order valence-electron chi connectivity index (χ1n) is 8.11. The van der Waals surface area contributed by atoms with Gasteiger partial charge in [-0.05, 0) is 17.2 Å². The van der Waals surface area contributed by atoms with Crippen LogP contribution in [-0.2, 0) is 17.8 Å². The Morgan fingerprint density at radius 3 is 2.72 bits per heavy atom. The predicted molar refractivity (Wildman–Crippen MR) is 90.9 cm³/mol. The molecule has 1 unspecified atom stereocenters. The number of para-hydroxylation sites is 1. The van der Waals surface area contributed by atoms with Crippen molar-refractivity contribution in [1.82, 2.24) is 15.5 Å². The maximum absolute atomic E-state index is 12.3. The Kier molecular flexibility index (Phi) is 3.93. The molecule has 3 aromatic rings. The third-order valence-electron chi connectivity index (χ3n) is 4.15. The third kappa shape index (κ3) is 3.24. The van der Waals surface area contributed by atoms with Gasteiger partial charge in [0.2, 0.25) is 11.7 Å². The quantitative estimate of drug-likeness (QED) is 0.793. The molecule has 0 fully saturated rings. The van der Waals surface area contributed by atoms with Crippen molar-refractivity contribution >= 4 is 5.91 Å². The molecule has 6 heteroatoms. The SMILES string of the molecule is Cc1nc(-c2ccc(CNC(=O)C3Cc4ccccc4O3)cc2)no1. The highest BCUT2D eigenvalue weighted by Gasteiger charge is 2.28. The lowest BCUT2D eigenvalue weighted by Crippen LogP contribution is -2.36. The second-order valence-electron chi connectivity index (χ2n) is 5.97. The molecule has 25 heavy (non-hydrogen) atoms. The fourth-order valence-corrected chi connectivity index (χ4v) is 2.82. The zero-order chi connectivity index (χ0) is 17.2. The number of aryl methyl sites for hydroxylation is 1. The highest BCUT2D eigenvalue weighted by Crippen LogP contribution is 2.28. The van der Waals surface area contributed by atoms with E-state index in [1.807, 2.05) is 48.5 Å². The van der Waals surface area contributed by atoms with Gasteiger partial charge in [-0.3, -0.25) is 4.79 Å². The van der Waals surface area contributed by atoms with Crippen LogP contribution in [0, 0.1) is 6.92 Å². The zero-order valence-corrected chi connectivity index (χ0v) is 13.7. The number of carbonyl (C=O) groups is 1. The Hall–Kier alpha value is -3.15. The fourth-order valence-electron chi connectivity index (χ4n) is 2.82. The lowest BCUT2D eigenvalue weighted by atomic mass is 10.1. The molecule has 0 saturated heterocycles. The number of amides is 1. The summed E-state index contributed by atoms with van der Waals surface area (Å²) in [6, 6.07) is 15.4. The monoisotopic (exact) mass is 335 g/mol. The molecule has 4 rings (SSSR count). The molecular formula is C19H17N3O3. The third-order valence-corrected chi connectivity index (χ3v) is 4.15. The van der Waals surface area contributed by atoms with Crippen LogP contribution < -0.4 is 10.1 Å². The first kappa shape index (κ1) is 15.4. The van der Waals surface area contributed by atoms with Crippen molar-refractivity contribution in [1.29, 1.82) is 0 Å². The van der Waals surface area contributed by atoms with Gasteiger partial charge in [-0.2, -0.15) is 4.98 Å². The molecule has 2 heterocycles. The fraction of sp³-hybridized carbons (Fsp3) is 0.211. The van der Waals surface area contributed by atoms with E-state index in [0.717, 1.165) is 22.4 Å². The van der Waals surface area contributed by atoms with Crippen LogP contribution in [0.2, 0.25) is 0 Å². The van der Waals surface area contributed by atoms with Gasteiger partial charge >= 0.3 is 0 Å². The molecule has 0 bridgehead atoms. The number of fused-ring (bicyclic) bond motifs is 1. The summed E-state index contributed by atoms with van der Waals surface area (Å²) in [5.74, 6) is 1.78. The van der Waals surface area contributed by atoms with Crippen LogP contribution in [0.1, 0.15) is 17.0 Å². The first-order chi connectivity index (χ1) is 12.2. The van der Waals surface area contributed by atoms with Crippen molar-refractivity contribution in [3.05, 3.63) is 65.5 Å². The van der Waals surface area contributed by atoms with E-state index < -0.39 is 6.10 Å². The number of benzene rings is 2. The summed E-state index contributed by atoms with van der Waals surface area (Å²) in [7, 11) is 0. The summed E-state index contributed by atoms with van der Waals surface area (Å²) in [6.07, 6.45) is 0.150. The molecule has 126 valence electrons. The molecule has 0 spiro atoms. The summed E-state index contributed by atoms with van der Waals surface area (Å²) >= 11 is 0. The summed E-state index contributed by atoms with van der Waals surface area (Å²) in [6.45, 7) is 2.20. The van der Waals surface area contributed by atoms with E-state index in [2.05, 4.69) is 15.5 Å². The topological polar surface area (TPSA) is 77.2 Å². The van der Waals surface area contributed by atoms with Crippen molar-refractivity contribution in [2.24, 2.45) is 0 Å². The molecule has 1 aliphatic rings. The molecule has 1 aromatic heterocycles. The number of ether oxygens (including phenoxy) is 1.